The lowest BCUT2D eigenvalue weighted by molar-refractivity contribution is 0.415. The summed E-state index contributed by atoms with van der Waals surface area (Å²) < 4.78 is 10.5. The summed E-state index contributed by atoms with van der Waals surface area (Å²) in [5, 5.41) is 9.62. The van der Waals surface area contributed by atoms with Gasteiger partial charge >= 0.3 is 0 Å². The molecule has 130 valence electrons. The maximum absolute atomic E-state index is 9.62. The number of hydrogen-bond acceptors (Lipinski definition) is 5. The topological polar surface area (TPSA) is 81.2 Å². The van der Waals surface area contributed by atoms with Crippen molar-refractivity contribution in [2.45, 2.75) is 6.92 Å². The maximum Gasteiger partial charge on any atom is 0.142 e. The van der Waals surface area contributed by atoms with Gasteiger partial charge in [-0.2, -0.15) is 5.26 Å². The monoisotopic (exact) mass is 345 g/mol. The van der Waals surface area contributed by atoms with Gasteiger partial charge in [0.2, 0.25) is 0 Å². The van der Waals surface area contributed by atoms with Crippen molar-refractivity contribution in [1.29, 1.82) is 5.26 Å². The molecule has 3 rings (SSSR count). The lowest BCUT2D eigenvalue weighted by Gasteiger charge is -2.16. The Labute approximate surface area is 152 Å². The van der Waals surface area contributed by atoms with E-state index in [4.69, 9.17) is 15.2 Å². The molecule has 0 aliphatic rings. The number of nitrogens with zero attached hydrogens (tertiary/aromatic N) is 2. The Balaban J connectivity index is 2.25. The predicted octanol–water partition coefficient (Wildman–Crippen LogP) is 4.20. The summed E-state index contributed by atoms with van der Waals surface area (Å²) >= 11 is 0. The van der Waals surface area contributed by atoms with Gasteiger partial charge in [0.25, 0.3) is 0 Å². The third-order valence-electron chi connectivity index (χ3n) is 4.30. The highest BCUT2D eigenvalue weighted by Crippen LogP contribution is 2.37. The zero-order valence-corrected chi connectivity index (χ0v) is 14.9. The molecule has 2 N–H and O–H groups in total. The Morgan fingerprint density at radius 3 is 2.27 bits per heavy atom. The SMILES string of the molecule is COc1ccc(-c2nc(N)c(C#N)c(-c3cccc(OC)c3)c2C)cc1. The molecule has 5 nitrogen and oxygen atoms in total. The summed E-state index contributed by atoms with van der Waals surface area (Å²) in [6.07, 6.45) is 0. The zero-order chi connectivity index (χ0) is 18.7. The van der Waals surface area contributed by atoms with E-state index in [1.807, 2.05) is 55.5 Å². The molecule has 5 heteroatoms. The van der Waals surface area contributed by atoms with E-state index in [0.717, 1.165) is 33.7 Å². The van der Waals surface area contributed by atoms with E-state index in [1.165, 1.54) is 0 Å². The van der Waals surface area contributed by atoms with Crippen molar-refractivity contribution < 1.29 is 9.47 Å². The second-order valence-electron chi connectivity index (χ2n) is 5.79. The van der Waals surface area contributed by atoms with E-state index in [-0.39, 0.29) is 5.82 Å². The van der Waals surface area contributed by atoms with E-state index in [2.05, 4.69) is 11.1 Å². The summed E-state index contributed by atoms with van der Waals surface area (Å²) in [5.41, 5.74) is 10.6. The molecule has 1 heterocycles. The molecule has 0 radical (unpaired) electrons. The zero-order valence-electron chi connectivity index (χ0n) is 14.9. The van der Waals surface area contributed by atoms with Gasteiger partial charge in [-0.05, 0) is 54.4 Å². The van der Waals surface area contributed by atoms with Crippen LogP contribution in [0.4, 0.5) is 5.82 Å². The van der Waals surface area contributed by atoms with Gasteiger partial charge in [0, 0.05) is 11.1 Å². The lowest BCUT2D eigenvalue weighted by Crippen LogP contribution is -2.03. The molecule has 0 aliphatic heterocycles. The van der Waals surface area contributed by atoms with Crippen LogP contribution in [0.1, 0.15) is 11.1 Å². The molecule has 0 amide bonds. The van der Waals surface area contributed by atoms with Crippen LogP contribution >= 0.6 is 0 Å². The van der Waals surface area contributed by atoms with Crippen LogP contribution in [0.25, 0.3) is 22.4 Å². The third kappa shape index (κ3) is 3.05. The number of anilines is 1. The van der Waals surface area contributed by atoms with Gasteiger partial charge in [0.1, 0.15) is 28.9 Å². The maximum atomic E-state index is 9.62. The molecule has 0 aliphatic carbocycles. The molecule has 0 atom stereocenters. The van der Waals surface area contributed by atoms with Gasteiger partial charge in [-0.15, -0.1) is 0 Å². The van der Waals surface area contributed by atoms with E-state index in [1.54, 1.807) is 14.2 Å². The minimum Gasteiger partial charge on any atom is -0.497 e. The molecule has 26 heavy (non-hydrogen) atoms. The Morgan fingerprint density at radius 2 is 1.65 bits per heavy atom. The number of nitriles is 1. The first-order chi connectivity index (χ1) is 12.6. The Kier molecular flexibility index (Phi) is 4.76. The van der Waals surface area contributed by atoms with Crippen LogP contribution in [0, 0.1) is 18.3 Å². The summed E-state index contributed by atoms with van der Waals surface area (Å²) in [6, 6.07) is 17.4. The summed E-state index contributed by atoms with van der Waals surface area (Å²) in [7, 11) is 3.24. The molecular weight excluding hydrogens is 326 g/mol. The second-order valence-corrected chi connectivity index (χ2v) is 5.79. The highest BCUT2D eigenvalue weighted by atomic mass is 16.5. The number of benzene rings is 2. The van der Waals surface area contributed by atoms with E-state index in [9.17, 15) is 5.26 Å². The molecule has 1 aromatic heterocycles. The van der Waals surface area contributed by atoms with Gasteiger partial charge < -0.3 is 15.2 Å². The first kappa shape index (κ1) is 17.3. The average molecular weight is 345 g/mol. The number of nitrogen functional groups attached to an aromatic ring is 1. The number of rotatable bonds is 4. The number of pyridine rings is 1. The number of nitrogens with two attached hydrogens (primary N) is 1. The first-order valence-corrected chi connectivity index (χ1v) is 8.08. The fraction of sp³-hybridized carbons (Fsp3) is 0.143. The highest BCUT2D eigenvalue weighted by molar-refractivity contribution is 5.84. The van der Waals surface area contributed by atoms with Gasteiger partial charge in [-0.25, -0.2) is 4.98 Å². The van der Waals surface area contributed by atoms with Crippen LogP contribution in [0.15, 0.2) is 48.5 Å². The number of aromatic nitrogens is 1. The minimum atomic E-state index is 0.210. The van der Waals surface area contributed by atoms with Gasteiger partial charge in [-0.3, -0.25) is 0 Å². The van der Waals surface area contributed by atoms with Crippen molar-refractivity contribution in [3.63, 3.8) is 0 Å². The molecule has 0 fully saturated rings. The molecule has 2 aromatic carbocycles. The average Bonchev–Trinajstić information content (AvgIpc) is 2.69. The van der Waals surface area contributed by atoms with Crippen molar-refractivity contribution in [1.82, 2.24) is 4.98 Å². The van der Waals surface area contributed by atoms with Crippen LogP contribution in [0.3, 0.4) is 0 Å². The van der Waals surface area contributed by atoms with E-state index >= 15 is 0 Å². The Morgan fingerprint density at radius 1 is 0.962 bits per heavy atom. The molecule has 0 saturated carbocycles. The fourth-order valence-electron chi connectivity index (χ4n) is 2.98. The van der Waals surface area contributed by atoms with Crippen LogP contribution < -0.4 is 15.2 Å². The summed E-state index contributed by atoms with van der Waals surface area (Å²) in [6.45, 7) is 1.95. The van der Waals surface area contributed by atoms with Crippen LogP contribution in [0.2, 0.25) is 0 Å². The third-order valence-corrected chi connectivity index (χ3v) is 4.30. The smallest absolute Gasteiger partial charge is 0.142 e. The first-order valence-electron chi connectivity index (χ1n) is 8.08. The quantitative estimate of drug-likeness (QED) is 0.766. The number of ether oxygens (including phenoxy) is 2. The highest BCUT2D eigenvalue weighted by Gasteiger charge is 2.18. The van der Waals surface area contributed by atoms with Crippen molar-refractivity contribution in [3.8, 4) is 40.0 Å². The molecule has 3 aromatic rings. The Bertz CT molecular complexity index is 989. The van der Waals surface area contributed by atoms with E-state index in [0.29, 0.717) is 11.3 Å². The molecule has 0 saturated heterocycles. The molecule has 0 spiro atoms. The van der Waals surface area contributed by atoms with Crippen molar-refractivity contribution >= 4 is 5.82 Å². The fourth-order valence-corrected chi connectivity index (χ4v) is 2.98. The Hall–Kier alpha value is -3.52. The number of hydrogen-bond donors (Lipinski definition) is 1. The largest absolute Gasteiger partial charge is 0.497 e. The van der Waals surface area contributed by atoms with Gasteiger partial charge in [-0.1, -0.05) is 12.1 Å². The van der Waals surface area contributed by atoms with Crippen molar-refractivity contribution in [3.05, 3.63) is 59.7 Å². The predicted molar refractivity (Wildman–Crippen MR) is 102 cm³/mol. The van der Waals surface area contributed by atoms with Crippen LogP contribution in [-0.4, -0.2) is 19.2 Å². The number of methoxy groups -OCH3 is 2. The van der Waals surface area contributed by atoms with Gasteiger partial charge in [0.05, 0.1) is 19.9 Å². The summed E-state index contributed by atoms with van der Waals surface area (Å²) in [4.78, 5) is 4.48. The van der Waals surface area contributed by atoms with Crippen LogP contribution in [0.5, 0.6) is 11.5 Å². The van der Waals surface area contributed by atoms with Crippen molar-refractivity contribution in [2.75, 3.05) is 20.0 Å². The molecule has 0 unspecified atom stereocenters. The normalized spacial score (nSPS) is 10.2. The minimum absolute atomic E-state index is 0.210. The lowest BCUT2D eigenvalue weighted by atomic mass is 9.92. The standard InChI is InChI=1S/C21H19N3O2/c1-13-19(15-5-4-6-17(11-15)26-3)18(12-22)21(23)24-20(13)14-7-9-16(25-2)10-8-14/h4-11H,1-3H3,(H2,23,24). The van der Waals surface area contributed by atoms with Gasteiger partial charge in [0.15, 0.2) is 0 Å². The second kappa shape index (κ2) is 7.16. The van der Waals surface area contributed by atoms with Crippen LogP contribution in [-0.2, 0) is 0 Å². The van der Waals surface area contributed by atoms with E-state index < -0.39 is 0 Å². The molecule has 0 bridgehead atoms. The molecular formula is C21H19N3O2. The summed E-state index contributed by atoms with van der Waals surface area (Å²) in [5.74, 6) is 1.69. The van der Waals surface area contributed by atoms with Crippen molar-refractivity contribution in [2.24, 2.45) is 0 Å².